The van der Waals surface area contributed by atoms with Crippen LogP contribution >= 0.6 is 27.3 Å². The van der Waals surface area contributed by atoms with Crippen LogP contribution in [0.5, 0.6) is 0 Å². The number of sulfonamides is 1. The molecule has 0 spiro atoms. The van der Waals surface area contributed by atoms with Gasteiger partial charge in [-0.15, -0.1) is 11.3 Å². The highest BCUT2D eigenvalue weighted by Crippen LogP contribution is 2.25. The first-order valence-electron chi connectivity index (χ1n) is 5.43. The Kier molecular flexibility index (Phi) is 6.11. The number of nitrogens with zero attached hydrogens (tertiary/aromatic N) is 1. The lowest BCUT2D eigenvalue weighted by atomic mass is 10.4. The summed E-state index contributed by atoms with van der Waals surface area (Å²) in [4.78, 5) is 23.2. The number of carboxylic acids is 1. The van der Waals surface area contributed by atoms with Gasteiger partial charge in [-0.25, -0.2) is 13.1 Å². The third-order valence-corrected chi connectivity index (χ3v) is 5.83. The van der Waals surface area contributed by atoms with E-state index in [0.29, 0.717) is 3.79 Å². The maximum absolute atomic E-state index is 11.9. The molecule has 1 amide bonds. The molecule has 0 bridgehead atoms. The molecule has 10 heteroatoms. The van der Waals surface area contributed by atoms with Gasteiger partial charge in [0.25, 0.3) is 10.0 Å². The van der Waals surface area contributed by atoms with Crippen LogP contribution < -0.4 is 4.72 Å². The van der Waals surface area contributed by atoms with E-state index in [1.54, 1.807) is 6.07 Å². The molecular formula is C10H13BrN2O5S2. The summed E-state index contributed by atoms with van der Waals surface area (Å²) < 4.78 is 26.7. The molecule has 0 aliphatic rings. The molecule has 0 aliphatic carbocycles. The summed E-state index contributed by atoms with van der Waals surface area (Å²) in [5.41, 5.74) is 0. The Bertz CT molecular complexity index is 599. The van der Waals surface area contributed by atoms with Gasteiger partial charge in [0.2, 0.25) is 5.91 Å². The second-order valence-electron chi connectivity index (χ2n) is 3.84. The van der Waals surface area contributed by atoms with Crippen molar-refractivity contribution in [3.8, 4) is 0 Å². The van der Waals surface area contributed by atoms with E-state index in [4.69, 9.17) is 5.11 Å². The fourth-order valence-corrected chi connectivity index (χ4v) is 4.22. The highest BCUT2D eigenvalue weighted by atomic mass is 79.9. The molecular weight excluding hydrogens is 372 g/mol. The minimum absolute atomic E-state index is 0.0282. The maximum Gasteiger partial charge on any atom is 0.305 e. The van der Waals surface area contributed by atoms with Gasteiger partial charge in [-0.3, -0.25) is 9.59 Å². The van der Waals surface area contributed by atoms with Crippen LogP contribution in [0.2, 0.25) is 0 Å². The number of likely N-dealkylation sites (N-methyl/N-ethyl adjacent to an activating group) is 1. The van der Waals surface area contributed by atoms with E-state index in [9.17, 15) is 18.0 Å². The smallest absolute Gasteiger partial charge is 0.305 e. The van der Waals surface area contributed by atoms with Crippen molar-refractivity contribution in [2.75, 3.05) is 20.1 Å². The van der Waals surface area contributed by atoms with Crippen molar-refractivity contribution >= 4 is 49.2 Å². The fourth-order valence-electron chi connectivity index (χ4n) is 1.19. The molecule has 0 atom stereocenters. The van der Waals surface area contributed by atoms with Crippen molar-refractivity contribution in [2.24, 2.45) is 0 Å². The van der Waals surface area contributed by atoms with Crippen molar-refractivity contribution < 1.29 is 23.1 Å². The van der Waals surface area contributed by atoms with Gasteiger partial charge in [-0.05, 0) is 28.1 Å². The lowest BCUT2D eigenvalue weighted by Crippen LogP contribution is -2.38. The van der Waals surface area contributed by atoms with Gasteiger partial charge in [-0.2, -0.15) is 0 Å². The minimum atomic E-state index is -3.72. The molecule has 0 saturated carbocycles. The second kappa shape index (κ2) is 7.16. The highest BCUT2D eigenvalue weighted by molar-refractivity contribution is 9.11. The topological polar surface area (TPSA) is 104 Å². The number of nitrogens with one attached hydrogen (secondary N) is 1. The van der Waals surface area contributed by atoms with Gasteiger partial charge in [0, 0.05) is 13.6 Å². The predicted octanol–water partition coefficient (Wildman–Crippen LogP) is 0.722. The molecule has 0 aliphatic heterocycles. The number of hydrogen-bond donors (Lipinski definition) is 2. The summed E-state index contributed by atoms with van der Waals surface area (Å²) in [7, 11) is -2.31. The zero-order valence-corrected chi connectivity index (χ0v) is 13.7. The van der Waals surface area contributed by atoms with E-state index in [1.807, 2.05) is 0 Å². The van der Waals surface area contributed by atoms with Crippen molar-refractivity contribution in [1.29, 1.82) is 0 Å². The van der Waals surface area contributed by atoms with Crippen LogP contribution in [0.1, 0.15) is 6.42 Å². The lowest BCUT2D eigenvalue weighted by Gasteiger charge is -2.16. The molecule has 0 radical (unpaired) electrons. The summed E-state index contributed by atoms with van der Waals surface area (Å²) in [6.45, 7) is -0.381. The van der Waals surface area contributed by atoms with Gasteiger partial charge in [0.15, 0.2) is 0 Å². The molecule has 1 aromatic rings. The first kappa shape index (κ1) is 17.1. The number of rotatable bonds is 7. The molecule has 1 heterocycles. The van der Waals surface area contributed by atoms with Crippen LogP contribution in [0, 0.1) is 0 Å². The van der Waals surface area contributed by atoms with Crippen molar-refractivity contribution in [1.82, 2.24) is 9.62 Å². The first-order chi connectivity index (χ1) is 9.22. The average molecular weight is 385 g/mol. The zero-order chi connectivity index (χ0) is 15.3. The maximum atomic E-state index is 11.9. The first-order valence-corrected chi connectivity index (χ1v) is 8.52. The van der Waals surface area contributed by atoms with Crippen LogP contribution in [0.3, 0.4) is 0 Å². The average Bonchev–Trinajstić information content (AvgIpc) is 2.80. The number of aliphatic carboxylic acids is 1. The predicted molar refractivity (Wildman–Crippen MR) is 77.1 cm³/mol. The standard InChI is InChI=1S/C10H13BrN2O5S2/c1-13(5-4-9(15)16)8(14)6-12-20(17,18)10-3-2-7(11)19-10/h2-3,12H,4-6H2,1H3,(H,15,16). The molecule has 7 nitrogen and oxygen atoms in total. The Balaban J connectivity index is 2.54. The van der Waals surface area contributed by atoms with Gasteiger partial charge in [0.05, 0.1) is 16.8 Å². The Labute approximate surface area is 128 Å². The molecule has 1 aromatic heterocycles. The molecule has 20 heavy (non-hydrogen) atoms. The number of carbonyl (C=O) groups excluding carboxylic acids is 1. The van der Waals surface area contributed by atoms with Gasteiger partial charge in [-0.1, -0.05) is 0 Å². The lowest BCUT2D eigenvalue weighted by molar-refractivity contribution is -0.138. The number of amides is 1. The summed E-state index contributed by atoms with van der Waals surface area (Å²) in [5, 5.41) is 8.50. The van der Waals surface area contributed by atoms with Gasteiger partial charge < -0.3 is 10.0 Å². The Hall–Kier alpha value is -0.970. The molecule has 0 saturated heterocycles. The van der Waals surface area contributed by atoms with E-state index in [0.717, 1.165) is 11.3 Å². The van der Waals surface area contributed by atoms with Crippen molar-refractivity contribution in [2.45, 2.75) is 10.6 Å². The summed E-state index contributed by atoms with van der Waals surface area (Å²) >= 11 is 4.19. The van der Waals surface area contributed by atoms with Crippen molar-refractivity contribution in [3.05, 3.63) is 15.9 Å². The summed E-state index contributed by atoms with van der Waals surface area (Å²) in [6.07, 6.45) is -0.188. The van der Waals surface area contributed by atoms with Crippen LogP contribution in [0.4, 0.5) is 0 Å². The zero-order valence-electron chi connectivity index (χ0n) is 10.5. The Morgan fingerprint density at radius 2 is 2.10 bits per heavy atom. The fraction of sp³-hybridized carbons (Fsp3) is 0.400. The number of halogens is 1. The summed E-state index contributed by atoms with van der Waals surface area (Å²) in [6, 6.07) is 3.02. The Morgan fingerprint density at radius 1 is 1.45 bits per heavy atom. The van der Waals surface area contributed by atoms with Gasteiger partial charge in [0.1, 0.15) is 4.21 Å². The number of carbonyl (C=O) groups is 2. The summed E-state index contributed by atoms with van der Waals surface area (Å²) in [5.74, 6) is -1.51. The van der Waals surface area contributed by atoms with Crippen LogP contribution in [0.25, 0.3) is 0 Å². The third kappa shape index (κ3) is 5.19. The molecule has 0 aromatic carbocycles. The quantitative estimate of drug-likeness (QED) is 0.720. The molecule has 2 N–H and O–H groups in total. The SMILES string of the molecule is CN(CCC(=O)O)C(=O)CNS(=O)(=O)c1ccc(Br)s1. The van der Waals surface area contributed by atoms with E-state index >= 15 is 0 Å². The number of hydrogen-bond acceptors (Lipinski definition) is 5. The highest BCUT2D eigenvalue weighted by Gasteiger charge is 2.19. The van der Waals surface area contributed by atoms with Crippen molar-refractivity contribution in [3.63, 3.8) is 0 Å². The van der Waals surface area contributed by atoms with Crippen LogP contribution in [-0.4, -0.2) is 50.4 Å². The normalized spacial score (nSPS) is 11.3. The number of carboxylic acid groups (broad SMARTS) is 1. The van der Waals surface area contributed by atoms with Crippen LogP contribution in [-0.2, 0) is 19.6 Å². The molecule has 1 rings (SSSR count). The third-order valence-electron chi connectivity index (χ3n) is 2.31. The molecule has 0 unspecified atom stereocenters. The van der Waals surface area contributed by atoms with E-state index < -0.39 is 28.4 Å². The van der Waals surface area contributed by atoms with E-state index in [1.165, 1.54) is 18.0 Å². The van der Waals surface area contributed by atoms with Crippen LogP contribution in [0.15, 0.2) is 20.1 Å². The van der Waals surface area contributed by atoms with E-state index in [-0.39, 0.29) is 17.2 Å². The minimum Gasteiger partial charge on any atom is -0.481 e. The largest absolute Gasteiger partial charge is 0.481 e. The van der Waals surface area contributed by atoms with E-state index in [2.05, 4.69) is 20.7 Å². The monoisotopic (exact) mass is 384 g/mol. The Morgan fingerprint density at radius 3 is 2.60 bits per heavy atom. The molecule has 0 fully saturated rings. The molecule has 112 valence electrons. The van der Waals surface area contributed by atoms with Gasteiger partial charge >= 0.3 is 5.97 Å². The number of thiophene rings is 1. The second-order valence-corrected chi connectivity index (χ2v) is 8.30.